The fraction of sp³-hybridized carbons (Fsp3) is 0.571. The highest BCUT2D eigenvalue weighted by molar-refractivity contribution is 8.00. The number of hydrogen-bond donors (Lipinski definition) is 1. The maximum absolute atomic E-state index is 6.09. The van der Waals surface area contributed by atoms with Gasteiger partial charge in [-0.3, -0.25) is 0 Å². The average Bonchev–Trinajstić information content (AvgIpc) is 2.28. The van der Waals surface area contributed by atoms with Crippen molar-refractivity contribution in [1.82, 2.24) is 0 Å². The van der Waals surface area contributed by atoms with Crippen LogP contribution in [0, 0.1) is 0 Å². The molecule has 0 radical (unpaired) electrons. The van der Waals surface area contributed by atoms with E-state index < -0.39 is 0 Å². The molecule has 1 fully saturated rings. The number of nitrogens with zero attached hydrogens (tertiary/aromatic N) is 1. The van der Waals surface area contributed by atoms with Crippen molar-refractivity contribution in [3.05, 3.63) is 28.8 Å². The third-order valence-electron chi connectivity index (χ3n) is 3.22. The molecule has 1 aliphatic heterocycles. The zero-order valence-corrected chi connectivity index (χ0v) is 12.6. The van der Waals surface area contributed by atoms with E-state index in [1.165, 1.54) is 11.3 Å². The van der Waals surface area contributed by atoms with E-state index in [9.17, 15) is 0 Å². The standard InChI is InChI=1S/C14H21ClN2S/c1-10-8-17(9-11(2)18-10)14-4-3-13(15)7-12(14)5-6-16/h3-4,7,10-11H,5-6,8-9,16H2,1-2H3. The Hall–Kier alpha value is -0.380. The molecular weight excluding hydrogens is 264 g/mol. The molecule has 1 aromatic rings. The van der Waals surface area contributed by atoms with E-state index in [2.05, 4.69) is 42.6 Å². The summed E-state index contributed by atoms with van der Waals surface area (Å²) in [5, 5.41) is 2.15. The first kappa shape index (κ1) is 14.0. The predicted octanol–water partition coefficient (Wildman–Crippen LogP) is 3.17. The van der Waals surface area contributed by atoms with Crippen LogP contribution in [0.15, 0.2) is 18.2 Å². The van der Waals surface area contributed by atoms with Crippen LogP contribution in [0.5, 0.6) is 0 Å². The smallest absolute Gasteiger partial charge is 0.0410 e. The minimum absolute atomic E-state index is 0.668. The molecule has 1 aliphatic rings. The van der Waals surface area contributed by atoms with Crippen molar-refractivity contribution in [1.29, 1.82) is 0 Å². The summed E-state index contributed by atoms with van der Waals surface area (Å²) >= 11 is 8.15. The van der Waals surface area contributed by atoms with Gasteiger partial charge in [-0.1, -0.05) is 25.4 Å². The normalized spacial score (nSPS) is 24.3. The van der Waals surface area contributed by atoms with Crippen molar-refractivity contribution < 1.29 is 0 Å². The summed E-state index contributed by atoms with van der Waals surface area (Å²) in [5.74, 6) is 0. The number of thioether (sulfide) groups is 1. The Bertz CT molecular complexity index is 401. The van der Waals surface area contributed by atoms with Crippen LogP contribution in [0.3, 0.4) is 0 Å². The maximum Gasteiger partial charge on any atom is 0.0410 e. The zero-order chi connectivity index (χ0) is 13.1. The molecule has 0 bridgehead atoms. The lowest BCUT2D eigenvalue weighted by atomic mass is 10.1. The van der Waals surface area contributed by atoms with Crippen molar-refractivity contribution >= 4 is 29.1 Å². The Morgan fingerprint density at radius 3 is 2.61 bits per heavy atom. The number of nitrogens with two attached hydrogens (primary N) is 1. The van der Waals surface area contributed by atoms with E-state index in [-0.39, 0.29) is 0 Å². The summed E-state index contributed by atoms with van der Waals surface area (Å²) < 4.78 is 0. The number of halogens is 1. The highest BCUT2D eigenvalue weighted by atomic mass is 35.5. The second-order valence-corrected chi connectivity index (χ2v) is 7.29. The van der Waals surface area contributed by atoms with Crippen LogP contribution in [0.4, 0.5) is 5.69 Å². The van der Waals surface area contributed by atoms with Crippen molar-refractivity contribution in [2.75, 3.05) is 24.5 Å². The van der Waals surface area contributed by atoms with Gasteiger partial charge in [0.05, 0.1) is 0 Å². The van der Waals surface area contributed by atoms with E-state index in [1.807, 2.05) is 6.07 Å². The van der Waals surface area contributed by atoms with Gasteiger partial charge < -0.3 is 10.6 Å². The van der Waals surface area contributed by atoms with E-state index in [0.717, 1.165) is 24.5 Å². The van der Waals surface area contributed by atoms with Gasteiger partial charge in [-0.15, -0.1) is 0 Å². The molecule has 2 N–H and O–H groups in total. The minimum atomic E-state index is 0.668. The second kappa shape index (κ2) is 6.18. The molecule has 1 heterocycles. The van der Waals surface area contributed by atoms with Gasteiger partial charge in [0.25, 0.3) is 0 Å². The Kier molecular flexibility index (Phi) is 4.82. The van der Waals surface area contributed by atoms with Crippen LogP contribution in [-0.4, -0.2) is 30.1 Å². The number of rotatable bonds is 3. The summed E-state index contributed by atoms with van der Waals surface area (Å²) in [4.78, 5) is 2.48. The molecule has 100 valence electrons. The highest BCUT2D eigenvalue weighted by Crippen LogP contribution is 2.31. The summed E-state index contributed by atoms with van der Waals surface area (Å²) in [6.07, 6.45) is 0.891. The maximum atomic E-state index is 6.09. The van der Waals surface area contributed by atoms with Crippen LogP contribution >= 0.6 is 23.4 Å². The predicted molar refractivity (Wildman–Crippen MR) is 82.9 cm³/mol. The molecule has 1 aromatic carbocycles. The summed E-state index contributed by atoms with van der Waals surface area (Å²) in [5.41, 5.74) is 8.28. The molecule has 0 aliphatic carbocycles. The molecule has 2 rings (SSSR count). The lowest BCUT2D eigenvalue weighted by Crippen LogP contribution is -2.40. The second-order valence-electron chi connectivity index (χ2n) is 4.97. The Balaban J connectivity index is 2.25. The number of benzene rings is 1. The van der Waals surface area contributed by atoms with Gasteiger partial charge in [0.2, 0.25) is 0 Å². The van der Waals surface area contributed by atoms with Crippen molar-refractivity contribution in [3.8, 4) is 0 Å². The van der Waals surface area contributed by atoms with Gasteiger partial charge in [0, 0.05) is 34.3 Å². The van der Waals surface area contributed by atoms with Crippen LogP contribution in [0.25, 0.3) is 0 Å². The van der Waals surface area contributed by atoms with Gasteiger partial charge in [-0.05, 0) is 36.7 Å². The third-order valence-corrected chi connectivity index (χ3v) is 4.68. The largest absolute Gasteiger partial charge is 0.369 e. The van der Waals surface area contributed by atoms with Gasteiger partial charge in [0.15, 0.2) is 0 Å². The van der Waals surface area contributed by atoms with E-state index in [4.69, 9.17) is 17.3 Å². The molecule has 18 heavy (non-hydrogen) atoms. The van der Waals surface area contributed by atoms with E-state index in [1.54, 1.807) is 0 Å². The molecule has 0 amide bonds. The topological polar surface area (TPSA) is 29.3 Å². The van der Waals surface area contributed by atoms with Crippen LogP contribution in [0.2, 0.25) is 5.02 Å². The fourth-order valence-electron chi connectivity index (χ4n) is 2.59. The fourth-order valence-corrected chi connectivity index (χ4v) is 4.11. The van der Waals surface area contributed by atoms with E-state index >= 15 is 0 Å². The van der Waals surface area contributed by atoms with Gasteiger partial charge in [-0.25, -0.2) is 0 Å². The first-order valence-corrected chi connectivity index (χ1v) is 7.81. The Morgan fingerprint density at radius 2 is 2.00 bits per heavy atom. The minimum Gasteiger partial charge on any atom is -0.369 e. The lowest BCUT2D eigenvalue weighted by Gasteiger charge is -2.37. The zero-order valence-electron chi connectivity index (χ0n) is 11.0. The molecule has 2 atom stereocenters. The van der Waals surface area contributed by atoms with Crippen molar-refractivity contribution in [2.45, 2.75) is 30.8 Å². The lowest BCUT2D eigenvalue weighted by molar-refractivity contribution is 0.723. The number of anilines is 1. The summed E-state index contributed by atoms with van der Waals surface area (Å²) in [6.45, 7) is 7.47. The first-order chi connectivity index (χ1) is 8.60. The van der Waals surface area contributed by atoms with Crippen molar-refractivity contribution in [2.24, 2.45) is 5.73 Å². The molecule has 0 spiro atoms. The van der Waals surface area contributed by atoms with Crippen molar-refractivity contribution in [3.63, 3.8) is 0 Å². The quantitative estimate of drug-likeness (QED) is 0.924. The molecular formula is C14H21ClN2S. The summed E-state index contributed by atoms with van der Waals surface area (Å²) in [7, 11) is 0. The Labute approximate surface area is 119 Å². The molecule has 2 nitrogen and oxygen atoms in total. The molecule has 1 saturated heterocycles. The van der Waals surface area contributed by atoms with Gasteiger partial charge >= 0.3 is 0 Å². The molecule has 2 unspecified atom stereocenters. The highest BCUT2D eigenvalue weighted by Gasteiger charge is 2.23. The van der Waals surface area contributed by atoms with E-state index in [0.29, 0.717) is 17.0 Å². The van der Waals surface area contributed by atoms with Crippen LogP contribution in [0.1, 0.15) is 19.4 Å². The number of hydrogen-bond acceptors (Lipinski definition) is 3. The molecule has 4 heteroatoms. The third kappa shape index (κ3) is 3.34. The summed E-state index contributed by atoms with van der Waals surface area (Å²) in [6, 6.07) is 6.18. The molecule has 0 aromatic heterocycles. The van der Waals surface area contributed by atoms with Gasteiger partial charge in [-0.2, -0.15) is 11.8 Å². The van der Waals surface area contributed by atoms with Gasteiger partial charge in [0.1, 0.15) is 0 Å². The first-order valence-electron chi connectivity index (χ1n) is 6.49. The van der Waals surface area contributed by atoms with Crippen LogP contribution in [-0.2, 0) is 6.42 Å². The monoisotopic (exact) mass is 284 g/mol. The SMILES string of the molecule is CC1CN(c2ccc(Cl)cc2CCN)CC(C)S1. The molecule has 0 saturated carbocycles. The van der Waals surface area contributed by atoms with Crippen LogP contribution < -0.4 is 10.6 Å². The Morgan fingerprint density at radius 1 is 1.33 bits per heavy atom. The average molecular weight is 285 g/mol.